The first kappa shape index (κ1) is 16.9. The molecule has 0 unspecified atom stereocenters. The molecular weight excluding hydrogens is 336 g/mol. The van der Waals surface area contributed by atoms with Crippen LogP contribution in [0.15, 0.2) is 54.0 Å². The Hall–Kier alpha value is -2.93. The normalized spacial score (nSPS) is 10.3. The molecule has 7 heteroatoms. The van der Waals surface area contributed by atoms with Gasteiger partial charge in [0.1, 0.15) is 11.6 Å². The first-order chi connectivity index (χ1) is 12.2. The summed E-state index contributed by atoms with van der Waals surface area (Å²) in [5, 5.41) is 8.63. The number of aromatic nitrogens is 2. The fourth-order valence-corrected chi connectivity index (χ4v) is 2.86. The minimum atomic E-state index is -0.128. The van der Waals surface area contributed by atoms with Crippen LogP contribution in [-0.2, 0) is 4.79 Å². The monoisotopic (exact) mass is 354 g/mol. The lowest BCUT2D eigenvalue weighted by Crippen LogP contribution is -2.28. The molecule has 0 spiro atoms. The Kier molecular flexibility index (Phi) is 5.58. The number of nitrogens with zero attached hydrogens (tertiary/aromatic N) is 2. The third kappa shape index (κ3) is 4.77. The largest absolute Gasteiger partial charge is 0.484 e. The number of hydrogen-bond donors (Lipinski definition) is 2. The van der Waals surface area contributed by atoms with Gasteiger partial charge in [0.15, 0.2) is 11.7 Å². The summed E-state index contributed by atoms with van der Waals surface area (Å²) in [6, 6.07) is 13.2. The molecular formula is C18H18N4O2S. The number of hydrogen-bond acceptors (Lipinski definition) is 6. The highest BCUT2D eigenvalue weighted by Gasteiger charge is 2.06. The lowest BCUT2D eigenvalue weighted by atomic mass is 10.2. The molecule has 0 saturated carbocycles. The average Bonchev–Trinajstić information content (AvgIpc) is 3.10. The van der Waals surface area contributed by atoms with E-state index in [4.69, 9.17) is 4.74 Å². The van der Waals surface area contributed by atoms with E-state index >= 15 is 0 Å². The van der Waals surface area contributed by atoms with E-state index in [2.05, 4.69) is 20.6 Å². The number of carbonyl (C=O) groups is 1. The van der Waals surface area contributed by atoms with E-state index in [-0.39, 0.29) is 12.5 Å². The van der Waals surface area contributed by atoms with Crippen LogP contribution >= 0.6 is 11.3 Å². The predicted octanol–water partition coefficient (Wildman–Crippen LogP) is 3.46. The van der Waals surface area contributed by atoms with Gasteiger partial charge in [-0.1, -0.05) is 6.07 Å². The highest BCUT2D eigenvalue weighted by Crippen LogP contribution is 2.27. The van der Waals surface area contributed by atoms with E-state index < -0.39 is 0 Å². The molecule has 25 heavy (non-hydrogen) atoms. The van der Waals surface area contributed by atoms with Crippen molar-refractivity contribution in [3.8, 4) is 17.0 Å². The van der Waals surface area contributed by atoms with Crippen LogP contribution < -0.4 is 15.4 Å². The fourth-order valence-electron chi connectivity index (χ4n) is 2.13. The second-order valence-electron chi connectivity index (χ2n) is 5.14. The molecule has 0 radical (unpaired) electrons. The number of pyridine rings is 1. The van der Waals surface area contributed by atoms with Gasteiger partial charge in [0.2, 0.25) is 0 Å². The maximum absolute atomic E-state index is 11.4. The SMILES string of the molecule is CCNC(=O)COc1ccc(-c2csc(Nc3ccccn3)n2)cc1. The molecule has 2 aromatic heterocycles. The number of ether oxygens (including phenoxy) is 1. The maximum Gasteiger partial charge on any atom is 0.257 e. The van der Waals surface area contributed by atoms with E-state index in [1.165, 1.54) is 11.3 Å². The van der Waals surface area contributed by atoms with Gasteiger partial charge < -0.3 is 15.4 Å². The number of rotatable bonds is 7. The highest BCUT2D eigenvalue weighted by molar-refractivity contribution is 7.14. The van der Waals surface area contributed by atoms with Crippen molar-refractivity contribution >= 4 is 28.2 Å². The van der Waals surface area contributed by atoms with Crippen molar-refractivity contribution in [2.24, 2.45) is 0 Å². The molecule has 2 heterocycles. The van der Waals surface area contributed by atoms with Crippen LogP contribution in [0.2, 0.25) is 0 Å². The Morgan fingerprint density at radius 3 is 2.76 bits per heavy atom. The van der Waals surface area contributed by atoms with Crippen LogP contribution in [0.3, 0.4) is 0 Å². The third-order valence-corrected chi connectivity index (χ3v) is 4.06. The minimum Gasteiger partial charge on any atom is -0.484 e. The number of anilines is 2. The number of likely N-dealkylation sites (N-methyl/N-ethyl adjacent to an activating group) is 1. The predicted molar refractivity (Wildman–Crippen MR) is 99.2 cm³/mol. The number of benzene rings is 1. The quantitative estimate of drug-likeness (QED) is 0.679. The van der Waals surface area contributed by atoms with E-state index in [0.717, 1.165) is 22.2 Å². The van der Waals surface area contributed by atoms with Gasteiger partial charge >= 0.3 is 0 Å². The molecule has 2 N–H and O–H groups in total. The summed E-state index contributed by atoms with van der Waals surface area (Å²) >= 11 is 1.52. The Bertz CT molecular complexity index is 819. The number of thiazole rings is 1. The van der Waals surface area contributed by atoms with Gasteiger partial charge in [-0.05, 0) is 43.3 Å². The summed E-state index contributed by atoms with van der Waals surface area (Å²) in [6.07, 6.45) is 1.73. The fraction of sp³-hybridized carbons (Fsp3) is 0.167. The van der Waals surface area contributed by atoms with Crippen molar-refractivity contribution in [3.63, 3.8) is 0 Å². The minimum absolute atomic E-state index is 0.0159. The molecule has 0 bridgehead atoms. The lowest BCUT2D eigenvalue weighted by molar-refractivity contribution is -0.122. The second kappa shape index (κ2) is 8.25. The van der Waals surface area contributed by atoms with Crippen LogP contribution in [0.25, 0.3) is 11.3 Å². The molecule has 3 rings (SSSR count). The number of carbonyl (C=O) groups excluding carboxylic acids is 1. The molecule has 0 fully saturated rings. The molecule has 3 aromatic rings. The zero-order chi connectivity index (χ0) is 17.5. The first-order valence-corrected chi connectivity index (χ1v) is 8.76. The highest BCUT2D eigenvalue weighted by atomic mass is 32.1. The summed E-state index contributed by atoms with van der Waals surface area (Å²) in [6.45, 7) is 2.49. The van der Waals surface area contributed by atoms with Crippen LogP contribution in [0.4, 0.5) is 10.9 Å². The van der Waals surface area contributed by atoms with Gasteiger partial charge in [0, 0.05) is 23.7 Å². The van der Waals surface area contributed by atoms with Crippen molar-refractivity contribution in [1.82, 2.24) is 15.3 Å². The molecule has 0 aliphatic carbocycles. The van der Waals surface area contributed by atoms with E-state index in [9.17, 15) is 4.79 Å². The average molecular weight is 354 g/mol. The number of amides is 1. The first-order valence-electron chi connectivity index (χ1n) is 7.88. The molecule has 1 amide bonds. The Morgan fingerprint density at radius 2 is 2.04 bits per heavy atom. The Morgan fingerprint density at radius 1 is 1.20 bits per heavy atom. The molecule has 0 atom stereocenters. The van der Waals surface area contributed by atoms with Crippen LogP contribution in [0.5, 0.6) is 5.75 Å². The summed E-state index contributed by atoms with van der Waals surface area (Å²) in [5.41, 5.74) is 1.86. The summed E-state index contributed by atoms with van der Waals surface area (Å²) in [5.74, 6) is 1.28. The van der Waals surface area contributed by atoms with E-state index in [1.807, 2.05) is 54.8 Å². The third-order valence-electron chi connectivity index (χ3n) is 3.30. The zero-order valence-corrected chi connectivity index (χ0v) is 14.5. The van der Waals surface area contributed by atoms with Crippen LogP contribution in [0.1, 0.15) is 6.92 Å². The molecule has 0 aliphatic heterocycles. The molecule has 1 aromatic carbocycles. The topological polar surface area (TPSA) is 76.1 Å². The van der Waals surface area contributed by atoms with Gasteiger partial charge in [-0.25, -0.2) is 9.97 Å². The second-order valence-corrected chi connectivity index (χ2v) is 6.00. The van der Waals surface area contributed by atoms with Crippen molar-refractivity contribution in [1.29, 1.82) is 0 Å². The van der Waals surface area contributed by atoms with Gasteiger partial charge in [0.25, 0.3) is 5.91 Å². The Labute approximate surface area is 149 Å². The van der Waals surface area contributed by atoms with Gasteiger partial charge in [-0.2, -0.15) is 0 Å². The summed E-state index contributed by atoms with van der Waals surface area (Å²) < 4.78 is 5.44. The number of nitrogens with one attached hydrogen (secondary N) is 2. The van der Waals surface area contributed by atoms with Gasteiger partial charge in [0.05, 0.1) is 5.69 Å². The van der Waals surface area contributed by atoms with Crippen molar-refractivity contribution < 1.29 is 9.53 Å². The van der Waals surface area contributed by atoms with Crippen LogP contribution in [0, 0.1) is 0 Å². The molecule has 128 valence electrons. The van der Waals surface area contributed by atoms with Crippen molar-refractivity contribution in [3.05, 3.63) is 54.0 Å². The zero-order valence-electron chi connectivity index (χ0n) is 13.7. The van der Waals surface area contributed by atoms with E-state index in [0.29, 0.717) is 12.3 Å². The lowest BCUT2D eigenvalue weighted by Gasteiger charge is -2.06. The van der Waals surface area contributed by atoms with Crippen molar-refractivity contribution in [2.45, 2.75) is 6.92 Å². The smallest absolute Gasteiger partial charge is 0.257 e. The van der Waals surface area contributed by atoms with Gasteiger partial charge in [-0.15, -0.1) is 11.3 Å². The molecule has 0 aliphatic rings. The summed E-state index contributed by atoms with van der Waals surface area (Å²) in [4.78, 5) is 20.2. The molecule has 6 nitrogen and oxygen atoms in total. The van der Waals surface area contributed by atoms with Crippen molar-refractivity contribution in [2.75, 3.05) is 18.5 Å². The molecule has 0 saturated heterocycles. The van der Waals surface area contributed by atoms with Gasteiger partial charge in [-0.3, -0.25) is 4.79 Å². The Balaban J connectivity index is 1.62. The van der Waals surface area contributed by atoms with Crippen LogP contribution in [-0.4, -0.2) is 29.0 Å². The van der Waals surface area contributed by atoms with E-state index in [1.54, 1.807) is 6.20 Å². The summed E-state index contributed by atoms with van der Waals surface area (Å²) in [7, 11) is 0. The standard InChI is InChI=1S/C18H18N4O2S/c1-2-19-17(23)11-24-14-8-6-13(7-9-14)15-12-25-18(21-15)22-16-5-3-4-10-20-16/h3-10,12H,2,11H2,1H3,(H,19,23)(H,20,21,22). The maximum atomic E-state index is 11.4.